The summed E-state index contributed by atoms with van der Waals surface area (Å²) in [4.78, 5) is 8.51. The number of pyridine rings is 1. The number of aromatic amines is 1. The third kappa shape index (κ3) is 4.55. The second-order valence-electron chi connectivity index (χ2n) is 5.73. The highest BCUT2D eigenvalue weighted by Gasteiger charge is 2.28. The molecule has 3 rings (SSSR count). The summed E-state index contributed by atoms with van der Waals surface area (Å²) in [7, 11) is 0. The number of aliphatic hydroxyl groups is 1. The molecule has 1 atom stereocenters. The second-order valence-corrected chi connectivity index (χ2v) is 5.73. The predicted octanol–water partition coefficient (Wildman–Crippen LogP) is -0.650. The van der Waals surface area contributed by atoms with Gasteiger partial charge in [0.25, 0.3) is 0 Å². The fourth-order valence-electron chi connectivity index (χ4n) is 2.45. The third-order valence-electron chi connectivity index (χ3n) is 3.69. The van der Waals surface area contributed by atoms with E-state index >= 15 is 0 Å². The lowest BCUT2D eigenvalue weighted by Gasteiger charge is -2.26. The van der Waals surface area contributed by atoms with Crippen molar-refractivity contribution in [2.75, 3.05) is 39.4 Å². The van der Waals surface area contributed by atoms with E-state index in [1.54, 1.807) is 12.4 Å². The summed E-state index contributed by atoms with van der Waals surface area (Å²) in [6, 6.07) is 3.78. The number of rotatable bonds is 6. The smallest absolute Gasteiger partial charge is 0.182 e. The highest BCUT2D eigenvalue weighted by Crippen LogP contribution is 2.12. The van der Waals surface area contributed by atoms with Crippen molar-refractivity contribution in [3.8, 4) is 11.4 Å². The lowest BCUT2D eigenvalue weighted by Crippen LogP contribution is -2.50. The lowest BCUT2D eigenvalue weighted by molar-refractivity contribution is -0.0260. The van der Waals surface area contributed by atoms with E-state index in [0.29, 0.717) is 45.1 Å². The number of β-amino-alcohol motifs (C(OH)–C–C–N with tert-alkyl or cyclic N) is 1. The largest absolute Gasteiger partial charge is 0.385 e. The van der Waals surface area contributed by atoms with E-state index in [9.17, 15) is 5.11 Å². The topological polar surface area (TPSA) is 108 Å². The highest BCUT2D eigenvalue weighted by atomic mass is 16.5. The molecule has 124 valence electrons. The molecule has 3 heterocycles. The van der Waals surface area contributed by atoms with Crippen LogP contribution in [0, 0.1) is 0 Å². The normalized spacial score (nSPS) is 22.0. The molecule has 1 aliphatic rings. The SMILES string of the molecule is O[C@@]1(CNCCc2nc(-c3cccnc3)n[nH]2)CNCCOC1. The zero-order valence-electron chi connectivity index (χ0n) is 13.0. The molecule has 2 aromatic heterocycles. The zero-order chi connectivity index (χ0) is 16.0. The molecule has 0 aromatic carbocycles. The summed E-state index contributed by atoms with van der Waals surface area (Å²) in [6.07, 6.45) is 4.16. The maximum absolute atomic E-state index is 10.4. The number of hydrogen-bond donors (Lipinski definition) is 4. The van der Waals surface area contributed by atoms with Crippen LogP contribution in [0.25, 0.3) is 11.4 Å². The Morgan fingerprint density at radius 1 is 1.43 bits per heavy atom. The predicted molar refractivity (Wildman–Crippen MR) is 84.8 cm³/mol. The molecule has 0 unspecified atom stereocenters. The van der Waals surface area contributed by atoms with Crippen molar-refractivity contribution < 1.29 is 9.84 Å². The Balaban J connectivity index is 1.45. The highest BCUT2D eigenvalue weighted by molar-refractivity contribution is 5.52. The summed E-state index contributed by atoms with van der Waals surface area (Å²) in [5, 5.41) is 24.0. The van der Waals surface area contributed by atoms with E-state index in [-0.39, 0.29) is 0 Å². The van der Waals surface area contributed by atoms with Gasteiger partial charge in [0.2, 0.25) is 0 Å². The van der Waals surface area contributed by atoms with E-state index in [4.69, 9.17) is 4.74 Å². The van der Waals surface area contributed by atoms with E-state index < -0.39 is 5.60 Å². The molecule has 2 aromatic rings. The van der Waals surface area contributed by atoms with Crippen LogP contribution in [0.2, 0.25) is 0 Å². The second kappa shape index (κ2) is 7.60. The maximum atomic E-state index is 10.4. The average molecular weight is 318 g/mol. The van der Waals surface area contributed by atoms with Gasteiger partial charge in [-0.1, -0.05) is 0 Å². The van der Waals surface area contributed by atoms with Crippen molar-refractivity contribution in [3.63, 3.8) is 0 Å². The van der Waals surface area contributed by atoms with Gasteiger partial charge in [0.05, 0.1) is 13.2 Å². The molecule has 0 aliphatic carbocycles. The van der Waals surface area contributed by atoms with Crippen molar-refractivity contribution >= 4 is 0 Å². The van der Waals surface area contributed by atoms with Gasteiger partial charge in [-0.25, -0.2) is 4.98 Å². The Labute approximate surface area is 134 Å². The van der Waals surface area contributed by atoms with Gasteiger partial charge >= 0.3 is 0 Å². The van der Waals surface area contributed by atoms with Crippen LogP contribution in [0.15, 0.2) is 24.5 Å². The molecule has 0 spiro atoms. The van der Waals surface area contributed by atoms with Crippen LogP contribution in [0.1, 0.15) is 5.82 Å². The van der Waals surface area contributed by atoms with E-state index in [1.807, 2.05) is 12.1 Å². The first-order valence-corrected chi connectivity index (χ1v) is 7.78. The molecule has 8 heteroatoms. The minimum Gasteiger partial charge on any atom is -0.385 e. The Hall–Kier alpha value is -1.87. The Morgan fingerprint density at radius 3 is 3.26 bits per heavy atom. The fraction of sp³-hybridized carbons (Fsp3) is 0.533. The third-order valence-corrected chi connectivity index (χ3v) is 3.69. The van der Waals surface area contributed by atoms with Gasteiger partial charge in [-0.05, 0) is 12.1 Å². The molecular formula is C15H22N6O2. The molecule has 0 bridgehead atoms. The summed E-state index contributed by atoms with van der Waals surface area (Å²) in [5.41, 5.74) is 0.0256. The van der Waals surface area contributed by atoms with Gasteiger partial charge in [-0.15, -0.1) is 0 Å². The molecule has 8 nitrogen and oxygen atoms in total. The quantitative estimate of drug-likeness (QED) is 0.524. The lowest BCUT2D eigenvalue weighted by atomic mass is 10.1. The number of ether oxygens (including phenoxy) is 1. The summed E-state index contributed by atoms with van der Waals surface area (Å²) < 4.78 is 5.39. The van der Waals surface area contributed by atoms with Crippen LogP contribution >= 0.6 is 0 Å². The van der Waals surface area contributed by atoms with Gasteiger partial charge in [0.15, 0.2) is 5.82 Å². The maximum Gasteiger partial charge on any atom is 0.182 e. The van der Waals surface area contributed by atoms with Crippen molar-refractivity contribution in [2.45, 2.75) is 12.0 Å². The molecule has 0 radical (unpaired) electrons. The molecule has 1 aliphatic heterocycles. The molecule has 0 amide bonds. The number of H-pyrrole nitrogens is 1. The summed E-state index contributed by atoms with van der Waals surface area (Å²) in [5.74, 6) is 1.45. The molecule has 4 N–H and O–H groups in total. The van der Waals surface area contributed by atoms with Crippen molar-refractivity contribution in [1.82, 2.24) is 30.8 Å². The molecule has 1 fully saturated rings. The van der Waals surface area contributed by atoms with Crippen LogP contribution in [0.4, 0.5) is 0 Å². The number of nitrogens with zero attached hydrogens (tertiary/aromatic N) is 3. The molecule has 1 saturated heterocycles. The van der Waals surface area contributed by atoms with Crippen LogP contribution in [-0.4, -0.2) is 70.3 Å². The van der Waals surface area contributed by atoms with Gasteiger partial charge in [0.1, 0.15) is 11.4 Å². The van der Waals surface area contributed by atoms with Gasteiger partial charge in [0, 0.05) is 50.6 Å². The van der Waals surface area contributed by atoms with Crippen LogP contribution in [-0.2, 0) is 11.2 Å². The Morgan fingerprint density at radius 2 is 2.39 bits per heavy atom. The van der Waals surface area contributed by atoms with Crippen LogP contribution in [0.3, 0.4) is 0 Å². The Kier molecular flexibility index (Phi) is 5.29. The zero-order valence-corrected chi connectivity index (χ0v) is 13.0. The summed E-state index contributed by atoms with van der Waals surface area (Å²) in [6.45, 7) is 3.47. The first-order valence-electron chi connectivity index (χ1n) is 7.78. The van der Waals surface area contributed by atoms with Crippen molar-refractivity contribution in [1.29, 1.82) is 0 Å². The Bertz CT molecular complexity index is 595. The van der Waals surface area contributed by atoms with E-state index in [1.165, 1.54) is 0 Å². The fourth-order valence-corrected chi connectivity index (χ4v) is 2.45. The molecule has 23 heavy (non-hydrogen) atoms. The van der Waals surface area contributed by atoms with E-state index in [2.05, 4.69) is 30.8 Å². The monoisotopic (exact) mass is 318 g/mol. The van der Waals surface area contributed by atoms with Gasteiger partial charge < -0.3 is 20.5 Å². The average Bonchev–Trinajstić information content (AvgIpc) is 2.94. The van der Waals surface area contributed by atoms with Crippen molar-refractivity contribution in [2.24, 2.45) is 0 Å². The van der Waals surface area contributed by atoms with Crippen LogP contribution < -0.4 is 10.6 Å². The van der Waals surface area contributed by atoms with Crippen molar-refractivity contribution in [3.05, 3.63) is 30.4 Å². The number of hydrogen-bond acceptors (Lipinski definition) is 7. The van der Waals surface area contributed by atoms with Gasteiger partial charge in [-0.3, -0.25) is 10.1 Å². The minimum atomic E-state index is -0.862. The summed E-state index contributed by atoms with van der Waals surface area (Å²) >= 11 is 0. The molecular weight excluding hydrogens is 296 g/mol. The first-order chi connectivity index (χ1) is 11.3. The van der Waals surface area contributed by atoms with Gasteiger partial charge in [-0.2, -0.15) is 5.10 Å². The van der Waals surface area contributed by atoms with E-state index in [0.717, 1.165) is 17.9 Å². The first kappa shape index (κ1) is 16.0. The minimum absolute atomic E-state index is 0.348. The number of nitrogens with one attached hydrogen (secondary N) is 3. The standard InChI is InChI=1S/C15H22N6O2/c22-15(10-18-6-7-23-11-15)9-17-5-3-13-19-14(21-20-13)12-2-1-4-16-8-12/h1-2,4,8,17-18,22H,3,5-7,9-11H2,(H,19,20,21)/t15-/m0/s1. The van der Waals surface area contributed by atoms with Crippen LogP contribution in [0.5, 0.6) is 0 Å². The molecule has 0 saturated carbocycles. The number of aromatic nitrogens is 4.